The van der Waals surface area contributed by atoms with Gasteiger partial charge in [0.2, 0.25) is 0 Å². The van der Waals surface area contributed by atoms with Crippen molar-refractivity contribution < 1.29 is 17.6 Å². The highest BCUT2D eigenvalue weighted by Crippen LogP contribution is 2.47. The minimum atomic E-state index is -0.680. The number of nitrogens with zero attached hydrogens (tertiary/aromatic N) is 2. The molecular formula is C42H26F4N2. The Bertz CT molecular complexity index is 2250. The van der Waals surface area contributed by atoms with Gasteiger partial charge in [-0.05, 0) is 82.2 Å². The van der Waals surface area contributed by atoms with Gasteiger partial charge >= 0.3 is 0 Å². The summed E-state index contributed by atoms with van der Waals surface area (Å²) in [6, 6.07) is 45.8. The molecule has 2 nitrogen and oxygen atoms in total. The topological polar surface area (TPSA) is 6.48 Å². The first-order valence-electron chi connectivity index (χ1n) is 15.4. The van der Waals surface area contributed by atoms with Crippen LogP contribution in [0, 0.1) is 23.3 Å². The fourth-order valence-electron chi connectivity index (χ4n) is 6.63. The molecule has 232 valence electrons. The molecule has 6 heteroatoms. The monoisotopic (exact) mass is 634 g/mol. The van der Waals surface area contributed by atoms with Gasteiger partial charge in [-0.3, -0.25) is 0 Å². The summed E-state index contributed by atoms with van der Waals surface area (Å²) in [5.41, 5.74) is 3.62. The van der Waals surface area contributed by atoms with E-state index in [2.05, 4.69) is 0 Å². The molecule has 0 unspecified atom stereocenters. The van der Waals surface area contributed by atoms with Gasteiger partial charge in [0.25, 0.3) is 0 Å². The van der Waals surface area contributed by atoms with Gasteiger partial charge in [0, 0.05) is 34.3 Å². The number of para-hydroxylation sites is 2. The molecule has 0 fully saturated rings. The first kappa shape index (κ1) is 29.3. The molecule has 0 spiro atoms. The van der Waals surface area contributed by atoms with Crippen LogP contribution in [-0.4, -0.2) is 0 Å². The van der Waals surface area contributed by atoms with Crippen LogP contribution >= 0.6 is 0 Å². The van der Waals surface area contributed by atoms with Gasteiger partial charge in [-0.2, -0.15) is 0 Å². The van der Waals surface area contributed by atoms with E-state index in [1.807, 2.05) is 131 Å². The summed E-state index contributed by atoms with van der Waals surface area (Å²) >= 11 is 0. The Morgan fingerprint density at radius 2 is 0.583 bits per heavy atom. The summed E-state index contributed by atoms with van der Waals surface area (Å²) in [5, 5.41) is 5.30. The molecule has 0 amide bonds. The van der Waals surface area contributed by atoms with Crippen LogP contribution in [0.5, 0.6) is 0 Å². The number of hydrogen-bond acceptors (Lipinski definition) is 2. The minimum Gasteiger partial charge on any atom is -0.310 e. The maximum Gasteiger partial charge on any atom is 0.128 e. The second-order valence-corrected chi connectivity index (χ2v) is 11.6. The van der Waals surface area contributed by atoms with Crippen LogP contribution in [0.1, 0.15) is 0 Å². The Morgan fingerprint density at radius 3 is 0.938 bits per heavy atom. The maximum absolute atomic E-state index is 14.7. The second-order valence-electron chi connectivity index (χ2n) is 11.6. The summed E-state index contributed by atoms with van der Waals surface area (Å²) in [4.78, 5) is 3.73. The van der Waals surface area contributed by atoms with Crippen LogP contribution in [-0.2, 0) is 0 Å². The number of fused-ring (bicyclic) bond motifs is 5. The highest BCUT2D eigenvalue weighted by Gasteiger charge is 2.23. The molecule has 0 saturated heterocycles. The van der Waals surface area contributed by atoms with Crippen LogP contribution in [0.4, 0.5) is 51.7 Å². The third kappa shape index (κ3) is 5.17. The Morgan fingerprint density at radius 1 is 0.271 bits per heavy atom. The predicted molar refractivity (Wildman–Crippen MR) is 188 cm³/mol. The summed E-state index contributed by atoms with van der Waals surface area (Å²) in [5.74, 6) is -2.72. The van der Waals surface area contributed by atoms with Crippen LogP contribution in [0.2, 0.25) is 0 Å². The van der Waals surface area contributed by atoms with Gasteiger partial charge in [0.1, 0.15) is 23.3 Å². The Hall–Kier alpha value is -6.14. The van der Waals surface area contributed by atoms with E-state index >= 15 is 0 Å². The molecule has 0 N–H and O–H groups in total. The lowest BCUT2D eigenvalue weighted by Gasteiger charge is -2.29. The fraction of sp³-hybridized carbons (Fsp3) is 0. The van der Waals surface area contributed by atoms with Gasteiger partial charge in [0.05, 0.1) is 22.7 Å². The Balaban J connectivity index is 1.48. The van der Waals surface area contributed by atoms with Crippen LogP contribution in [0.3, 0.4) is 0 Å². The van der Waals surface area contributed by atoms with Crippen molar-refractivity contribution in [1.82, 2.24) is 0 Å². The summed E-state index contributed by atoms with van der Waals surface area (Å²) in [6.45, 7) is 0. The number of halogens is 4. The quantitative estimate of drug-likeness (QED) is 0.133. The van der Waals surface area contributed by atoms with Crippen molar-refractivity contribution in [3.8, 4) is 0 Å². The van der Waals surface area contributed by atoms with Crippen LogP contribution in [0.15, 0.2) is 158 Å². The van der Waals surface area contributed by atoms with E-state index < -0.39 is 23.3 Å². The Kier molecular flexibility index (Phi) is 7.26. The zero-order valence-corrected chi connectivity index (χ0v) is 25.4. The van der Waals surface area contributed by atoms with Crippen molar-refractivity contribution in [3.05, 3.63) is 181 Å². The first-order chi connectivity index (χ1) is 23.4. The molecule has 48 heavy (non-hydrogen) atoms. The molecule has 0 atom stereocenters. The van der Waals surface area contributed by atoms with Gasteiger partial charge in [-0.15, -0.1) is 0 Å². The Labute approximate surface area is 274 Å². The minimum absolute atomic E-state index is 0.340. The molecule has 0 aromatic heterocycles. The van der Waals surface area contributed by atoms with E-state index in [0.717, 1.165) is 67.2 Å². The van der Waals surface area contributed by atoms with Gasteiger partial charge in [0.15, 0.2) is 0 Å². The van der Waals surface area contributed by atoms with Crippen LogP contribution in [0.25, 0.3) is 32.3 Å². The van der Waals surface area contributed by atoms with Gasteiger partial charge in [-0.25, -0.2) is 17.6 Å². The largest absolute Gasteiger partial charge is 0.310 e. The smallest absolute Gasteiger partial charge is 0.128 e. The summed E-state index contributed by atoms with van der Waals surface area (Å²) in [6.07, 6.45) is 0. The average Bonchev–Trinajstić information content (AvgIpc) is 3.09. The molecule has 0 saturated carbocycles. The molecule has 8 aromatic carbocycles. The zero-order chi connectivity index (χ0) is 32.8. The second kappa shape index (κ2) is 11.9. The summed E-state index contributed by atoms with van der Waals surface area (Å²) < 4.78 is 58.9. The van der Waals surface area contributed by atoms with E-state index in [4.69, 9.17) is 0 Å². The van der Waals surface area contributed by atoms with Crippen molar-refractivity contribution in [1.29, 1.82) is 0 Å². The zero-order valence-electron chi connectivity index (χ0n) is 25.4. The lowest BCUT2D eigenvalue weighted by atomic mass is 9.93. The standard InChI is InChI=1S/C42H26F4N2/c43-27-19-28(44)22-33(21-27)47(31-11-3-1-4-12-31)41-25-39-36-16-8-10-18-38(36)42(26-40(39)35-15-7-9-17-37(35)41)48(32-13-5-2-6-14-32)34-23-29(45)20-30(46)24-34/h1-26H. The molecule has 0 aliphatic carbocycles. The number of benzene rings is 8. The molecule has 0 radical (unpaired) electrons. The van der Waals surface area contributed by atoms with E-state index in [1.54, 1.807) is 0 Å². The maximum atomic E-state index is 14.7. The van der Waals surface area contributed by atoms with E-state index in [0.29, 0.717) is 11.4 Å². The van der Waals surface area contributed by atoms with Gasteiger partial charge in [-0.1, -0.05) is 84.9 Å². The average molecular weight is 635 g/mol. The predicted octanol–water partition coefficient (Wildman–Crippen LogP) is 12.6. The number of rotatable bonds is 6. The highest BCUT2D eigenvalue weighted by molar-refractivity contribution is 6.24. The molecule has 0 aliphatic rings. The number of anilines is 6. The normalized spacial score (nSPS) is 11.3. The fourth-order valence-corrected chi connectivity index (χ4v) is 6.63. The molecular weight excluding hydrogens is 608 g/mol. The van der Waals surface area contributed by atoms with E-state index in [9.17, 15) is 17.6 Å². The molecule has 8 aromatic rings. The first-order valence-corrected chi connectivity index (χ1v) is 15.4. The number of hydrogen-bond donors (Lipinski definition) is 0. The SMILES string of the molecule is Fc1cc(F)cc(N(c2ccccc2)c2cc3c4ccccc4c(N(c4ccccc4)c4cc(F)cc(F)c4)cc3c3ccccc23)c1. The molecule has 0 aliphatic heterocycles. The van der Waals surface area contributed by atoms with Crippen molar-refractivity contribution in [3.63, 3.8) is 0 Å². The lowest BCUT2D eigenvalue weighted by Crippen LogP contribution is -2.12. The third-order valence-corrected chi connectivity index (χ3v) is 8.56. The van der Waals surface area contributed by atoms with Gasteiger partial charge < -0.3 is 9.80 Å². The van der Waals surface area contributed by atoms with Crippen molar-refractivity contribution >= 4 is 66.4 Å². The van der Waals surface area contributed by atoms with Crippen LogP contribution < -0.4 is 9.80 Å². The van der Waals surface area contributed by atoms with E-state index in [-0.39, 0.29) is 0 Å². The third-order valence-electron chi connectivity index (χ3n) is 8.56. The van der Waals surface area contributed by atoms with Crippen molar-refractivity contribution in [2.24, 2.45) is 0 Å². The lowest BCUT2D eigenvalue weighted by molar-refractivity contribution is 0.583. The highest BCUT2D eigenvalue weighted by atomic mass is 19.1. The van der Waals surface area contributed by atoms with E-state index in [1.165, 1.54) is 24.3 Å². The van der Waals surface area contributed by atoms with Crippen molar-refractivity contribution in [2.75, 3.05) is 9.80 Å². The molecule has 8 rings (SSSR count). The van der Waals surface area contributed by atoms with Crippen molar-refractivity contribution in [2.45, 2.75) is 0 Å². The molecule has 0 bridgehead atoms. The molecule has 0 heterocycles. The summed E-state index contributed by atoms with van der Waals surface area (Å²) in [7, 11) is 0.